The van der Waals surface area contributed by atoms with Gasteiger partial charge < -0.3 is 5.32 Å². The van der Waals surface area contributed by atoms with Crippen LogP contribution in [0.25, 0.3) is 5.08 Å². The van der Waals surface area contributed by atoms with Gasteiger partial charge in [-0.2, -0.15) is 0 Å². The predicted molar refractivity (Wildman–Crippen MR) is 77.2 cm³/mol. The zero-order valence-electron chi connectivity index (χ0n) is 9.80. The summed E-state index contributed by atoms with van der Waals surface area (Å²) in [6.07, 6.45) is 0. The summed E-state index contributed by atoms with van der Waals surface area (Å²) in [4.78, 5) is 12.1. The molecule has 0 fully saturated rings. The molecule has 0 aromatic heterocycles. The van der Waals surface area contributed by atoms with Crippen LogP contribution in [-0.2, 0) is 0 Å². The van der Waals surface area contributed by atoms with Crippen LogP contribution in [0.1, 0.15) is 10.4 Å². The molecule has 0 saturated heterocycles. The van der Waals surface area contributed by atoms with E-state index in [0.29, 0.717) is 16.9 Å². The van der Waals surface area contributed by atoms with Crippen molar-refractivity contribution in [2.45, 2.75) is 0 Å². The number of hydrogen-bond acceptors (Lipinski definition) is 3. The van der Waals surface area contributed by atoms with Gasteiger partial charge in [-0.05, 0) is 41.8 Å². The summed E-state index contributed by atoms with van der Waals surface area (Å²) in [7, 11) is 0. The lowest BCUT2D eigenvalue weighted by Gasteiger charge is -2.06. The molecule has 0 saturated carbocycles. The molecule has 0 aliphatic carbocycles. The van der Waals surface area contributed by atoms with E-state index in [-0.39, 0.29) is 5.91 Å². The van der Waals surface area contributed by atoms with E-state index in [9.17, 15) is 4.79 Å². The number of anilines is 2. The van der Waals surface area contributed by atoms with Crippen LogP contribution in [0.5, 0.6) is 0 Å². The highest BCUT2D eigenvalue weighted by molar-refractivity contribution is 9.10. The standard InChI is InChI=1S/C13H9BrN4O/c14-9-5-7-10(8-6-9)16-13(19)11-3-1-2-4-12(11)17-18-15/h1-8H,(H-,16,17,19)/p+1. The summed E-state index contributed by atoms with van der Waals surface area (Å²) in [5, 5.41) is 14.1. The first-order chi connectivity index (χ1) is 9.20. The summed E-state index contributed by atoms with van der Waals surface area (Å²) >= 11 is 3.33. The molecule has 0 spiro atoms. The van der Waals surface area contributed by atoms with Crippen LogP contribution in [0.3, 0.4) is 0 Å². The van der Waals surface area contributed by atoms with Gasteiger partial charge in [0, 0.05) is 10.2 Å². The van der Waals surface area contributed by atoms with E-state index in [1.165, 1.54) is 0 Å². The number of nitrogens with zero attached hydrogens (tertiary/aromatic N) is 2. The van der Waals surface area contributed by atoms with Crippen molar-refractivity contribution in [3.63, 3.8) is 0 Å². The third-order valence-electron chi connectivity index (χ3n) is 2.44. The fourth-order valence-corrected chi connectivity index (χ4v) is 1.83. The van der Waals surface area contributed by atoms with Gasteiger partial charge in [0.05, 0.1) is 5.56 Å². The Morgan fingerprint density at radius 2 is 1.79 bits per heavy atom. The quantitative estimate of drug-likeness (QED) is 0.666. The SMILES string of the molecule is N#[N+]Nc1ccccc1C(=O)Nc1ccc(Br)cc1. The van der Waals surface area contributed by atoms with Crippen LogP contribution in [0.2, 0.25) is 0 Å². The van der Waals surface area contributed by atoms with E-state index < -0.39 is 0 Å². The fourth-order valence-electron chi connectivity index (χ4n) is 1.56. The Labute approximate surface area is 118 Å². The second-order valence-corrected chi connectivity index (χ2v) is 4.63. The van der Waals surface area contributed by atoms with Gasteiger partial charge in [-0.25, -0.2) is 0 Å². The second kappa shape index (κ2) is 5.98. The first-order valence-corrected chi connectivity index (χ1v) is 6.26. The van der Waals surface area contributed by atoms with Crippen molar-refractivity contribution in [2.75, 3.05) is 10.7 Å². The van der Waals surface area contributed by atoms with Crippen molar-refractivity contribution in [2.24, 2.45) is 0 Å². The number of rotatable bonds is 3. The second-order valence-electron chi connectivity index (χ2n) is 3.72. The highest BCUT2D eigenvalue weighted by Crippen LogP contribution is 2.18. The zero-order chi connectivity index (χ0) is 13.7. The van der Waals surface area contributed by atoms with Crippen molar-refractivity contribution >= 4 is 33.2 Å². The zero-order valence-corrected chi connectivity index (χ0v) is 11.4. The van der Waals surface area contributed by atoms with Crippen molar-refractivity contribution < 1.29 is 4.79 Å². The van der Waals surface area contributed by atoms with Gasteiger partial charge in [0.1, 0.15) is 5.69 Å². The molecule has 1 amide bonds. The number of hydrogen-bond donors (Lipinski definition) is 2. The number of diazo groups is 1. The molecular formula is C13H10BrN4O+. The lowest BCUT2D eigenvalue weighted by Crippen LogP contribution is -2.13. The molecule has 2 aromatic rings. The minimum atomic E-state index is -0.283. The van der Waals surface area contributed by atoms with Gasteiger partial charge in [-0.1, -0.05) is 28.1 Å². The van der Waals surface area contributed by atoms with E-state index in [1.807, 2.05) is 12.1 Å². The maximum Gasteiger partial charge on any atom is 0.308 e. The third kappa shape index (κ3) is 3.30. The lowest BCUT2D eigenvalue weighted by molar-refractivity contribution is 0.102. The van der Waals surface area contributed by atoms with E-state index in [2.05, 4.69) is 31.8 Å². The number of carbonyl (C=O) groups is 1. The maximum atomic E-state index is 12.1. The molecule has 94 valence electrons. The van der Waals surface area contributed by atoms with Crippen LogP contribution < -0.4 is 10.7 Å². The van der Waals surface area contributed by atoms with Gasteiger partial charge in [0.25, 0.3) is 11.3 Å². The van der Waals surface area contributed by atoms with Crippen LogP contribution >= 0.6 is 15.9 Å². The number of nitrogens with one attached hydrogen (secondary N) is 2. The smallest absolute Gasteiger partial charge is 0.308 e. The average Bonchev–Trinajstić information content (AvgIpc) is 2.42. The van der Waals surface area contributed by atoms with Gasteiger partial charge in [0.2, 0.25) is 0 Å². The molecule has 19 heavy (non-hydrogen) atoms. The highest BCUT2D eigenvalue weighted by atomic mass is 79.9. The molecular weight excluding hydrogens is 308 g/mol. The summed E-state index contributed by atoms with van der Waals surface area (Å²) in [6.45, 7) is 0. The Bertz CT molecular complexity index is 634. The van der Waals surface area contributed by atoms with Gasteiger partial charge in [-0.15, -0.1) is 0 Å². The number of halogens is 1. The van der Waals surface area contributed by atoms with Gasteiger partial charge in [0.15, 0.2) is 0 Å². The minimum Gasteiger partial charge on any atom is -0.322 e. The molecule has 2 rings (SSSR count). The van der Waals surface area contributed by atoms with Crippen LogP contribution in [0.15, 0.2) is 53.0 Å². The maximum absolute atomic E-state index is 12.1. The predicted octanol–water partition coefficient (Wildman–Crippen LogP) is 3.88. The van der Waals surface area contributed by atoms with Gasteiger partial charge >= 0.3 is 5.08 Å². The highest BCUT2D eigenvalue weighted by Gasteiger charge is 2.13. The largest absolute Gasteiger partial charge is 0.322 e. The lowest BCUT2D eigenvalue weighted by atomic mass is 10.1. The molecule has 0 heterocycles. The van der Waals surface area contributed by atoms with Crippen LogP contribution in [0.4, 0.5) is 11.4 Å². The molecule has 2 aromatic carbocycles. The molecule has 2 N–H and O–H groups in total. The summed E-state index contributed by atoms with van der Waals surface area (Å²) in [6, 6.07) is 14.0. The Morgan fingerprint density at radius 1 is 1.11 bits per heavy atom. The fraction of sp³-hybridized carbons (Fsp3) is 0. The normalized spacial score (nSPS) is 9.47. The molecule has 5 nitrogen and oxygen atoms in total. The number of para-hydroxylation sites is 1. The number of carbonyl (C=O) groups excluding carboxylic acids is 1. The van der Waals surface area contributed by atoms with Crippen molar-refractivity contribution in [3.8, 4) is 0 Å². The third-order valence-corrected chi connectivity index (χ3v) is 2.97. The molecule has 6 heteroatoms. The van der Waals surface area contributed by atoms with E-state index in [4.69, 9.17) is 5.39 Å². The summed E-state index contributed by atoms with van der Waals surface area (Å²) in [5.74, 6) is -0.283. The van der Waals surface area contributed by atoms with Gasteiger partial charge in [-0.3, -0.25) is 4.79 Å². The van der Waals surface area contributed by atoms with E-state index in [1.54, 1.807) is 36.4 Å². The topological polar surface area (TPSA) is 69.3 Å². The minimum absolute atomic E-state index is 0.283. The summed E-state index contributed by atoms with van der Waals surface area (Å²) in [5.41, 5.74) is 3.87. The number of amides is 1. The molecule has 0 atom stereocenters. The molecule has 0 bridgehead atoms. The van der Waals surface area contributed by atoms with Crippen molar-refractivity contribution in [3.05, 3.63) is 63.7 Å². The Balaban J connectivity index is 2.20. The van der Waals surface area contributed by atoms with Crippen LogP contribution in [0, 0.1) is 5.39 Å². The van der Waals surface area contributed by atoms with E-state index >= 15 is 0 Å². The Kier molecular flexibility index (Phi) is 4.11. The molecule has 0 radical (unpaired) electrons. The van der Waals surface area contributed by atoms with Crippen LogP contribution in [-0.4, -0.2) is 5.91 Å². The van der Waals surface area contributed by atoms with Crippen molar-refractivity contribution in [1.29, 1.82) is 5.39 Å². The number of benzene rings is 2. The first-order valence-electron chi connectivity index (χ1n) is 5.47. The Hall–Kier alpha value is -2.39. The Morgan fingerprint density at radius 3 is 2.47 bits per heavy atom. The van der Waals surface area contributed by atoms with E-state index in [0.717, 1.165) is 4.47 Å². The van der Waals surface area contributed by atoms with Crippen molar-refractivity contribution in [1.82, 2.24) is 0 Å². The molecule has 0 aliphatic heterocycles. The molecule has 0 aliphatic rings. The monoisotopic (exact) mass is 317 g/mol. The average molecular weight is 318 g/mol. The molecule has 0 unspecified atom stereocenters. The first kappa shape index (κ1) is 13.1. The summed E-state index contributed by atoms with van der Waals surface area (Å²) < 4.78 is 0.937.